The molecule has 0 aliphatic heterocycles. The maximum atomic E-state index is 12.8. The van der Waals surface area contributed by atoms with E-state index in [1.54, 1.807) is 12.1 Å². The molecule has 8 heteroatoms. The van der Waals surface area contributed by atoms with Gasteiger partial charge < -0.3 is 0 Å². The van der Waals surface area contributed by atoms with Gasteiger partial charge >= 0.3 is 15.6 Å². The summed E-state index contributed by atoms with van der Waals surface area (Å²) in [4.78, 5) is 0. The van der Waals surface area contributed by atoms with Crippen molar-refractivity contribution >= 4 is 10.1 Å². The molecule has 0 aliphatic carbocycles. The summed E-state index contributed by atoms with van der Waals surface area (Å²) in [6.07, 6.45) is 1.85. The number of benzene rings is 2. The van der Waals surface area contributed by atoms with Crippen LogP contribution >= 0.6 is 0 Å². The Morgan fingerprint density at radius 1 is 0.968 bits per heavy atom. The van der Waals surface area contributed by atoms with Crippen LogP contribution < -0.4 is 4.57 Å². The minimum atomic E-state index is -5.70. The predicted molar refractivity (Wildman–Crippen MR) is 112 cm³/mol. The molecule has 0 amide bonds. The Morgan fingerprint density at radius 2 is 1.65 bits per heavy atom. The zero-order valence-corrected chi connectivity index (χ0v) is 18.2. The number of nitrogens with zero attached hydrogens (tertiary/aromatic N) is 1. The predicted octanol–water partition coefficient (Wildman–Crippen LogP) is 5.33. The van der Waals surface area contributed by atoms with Gasteiger partial charge in [0, 0.05) is 12.1 Å². The number of aryl methyl sites for hydroxylation is 1. The van der Waals surface area contributed by atoms with E-state index in [9.17, 15) is 21.6 Å². The van der Waals surface area contributed by atoms with Crippen LogP contribution in [0.5, 0.6) is 0 Å². The van der Waals surface area contributed by atoms with Crippen molar-refractivity contribution in [3.05, 3.63) is 78.0 Å². The Hall–Kier alpha value is -2.71. The quantitative estimate of drug-likeness (QED) is 0.290. The summed E-state index contributed by atoms with van der Waals surface area (Å²) in [5.74, 6) is 0.108. The average Bonchev–Trinajstić information content (AvgIpc) is 2.72. The van der Waals surface area contributed by atoms with Crippen molar-refractivity contribution in [1.82, 2.24) is 0 Å². The Kier molecular flexibility index (Phi) is 6.52. The molecule has 0 bridgehead atoms. The van der Waals surface area contributed by atoms with Crippen LogP contribution in [-0.2, 0) is 28.0 Å². The molecule has 4 nitrogen and oxygen atoms in total. The minimum Gasteiger partial charge on any atom is -0.258 e. The minimum absolute atomic E-state index is 0.108. The number of hydrogen-bond acceptors (Lipinski definition) is 3. The van der Waals surface area contributed by atoms with Crippen LogP contribution in [-0.4, -0.2) is 13.9 Å². The van der Waals surface area contributed by atoms with E-state index >= 15 is 0 Å². The molecule has 0 N–H and O–H groups in total. The summed E-state index contributed by atoms with van der Waals surface area (Å²) in [5.41, 5.74) is -1.01. The molecule has 3 rings (SSSR count). The second kappa shape index (κ2) is 8.80. The lowest BCUT2D eigenvalue weighted by molar-refractivity contribution is -0.660. The summed E-state index contributed by atoms with van der Waals surface area (Å²) in [5, 5.41) is 0. The van der Waals surface area contributed by atoms with Crippen LogP contribution in [0.15, 0.2) is 66.9 Å². The Morgan fingerprint density at radius 3 is 2.26 bits per heavy atom. The molecule has 0 fully saturated rings. The van der Waals surface area contributed by atoms with E-state index in [1.165, 1.54) is 0 Å². The van der Waals surface area contributed by atoms with E-state index in [2.05, 4.69) is 4.18 Å². The molecule has 164 valence electrons. The molecule has 31 heavy (non-hydrogen) atoms. The van der Waals surface area contributed by atoms with Crippen LogP contribution in [0.4, 0.5) is 13.2 Å². The van der Waals surface area contributed by atoms with Crippen LogP contribution in [0.25, 0.3) is 22.4 Å². The van der Waals surface area contributed by atoms with Gasteiger partial charge in [0.1, 0.15) is 7.05 Å². The molecule has 0 aliphatic rings. The highest BCUT2D eigenvalue weighted by molar-refractivity contribution is 7.87. The maximum absolute atomic E-state index is 12.8. The van der Waals surface area contributed by atoms with E-state index in [0.29, 0.717) is 11.1 Å². The van der Waals surface area contributed by atoms with Crippen LogP contribution in [0, 0.1) is 0 Å². The van der Waals surface area contributed by atoms with E-state index in [4.69, 9.17) is 0 Å². The van der Waals surface area contributed by atoms with Gasteiger partial charge in [0.05, 0.1) is 12.2 Å². The molecule has 0 saturated carbocycles. The van der Waals surface area contributed by atoms with Crippen LogP contribution in [0.2, 0.25) is 0 Å². The van der Waals surface area contributed by atoms with E-state index in [-0.39, 0.29) is 5.92 Å². The van der Waals surface area contributed by atoms with Crippen LogP contribution in [0.3, 0.4) is 0 Å². The van der Waals surface area contributed by atoms with Crippen molar-refractivity contribution in [2.45, 2.75) is 31.9 Å². The van der Waals surface area contributed by atoms with Gasteiger partial charge in [-0.2, -0.15) is 21.6 Å². The summed E-state index contributed by atoms with van der Waals surface area (Å²) < 4.78 is 67.4. The van der Waals surface area contributed by atoms with Gasteiger partial charge in [-0.3, -0.25) is 4.18 Å². The van der Waals surface area contributed by atoms with Crippen molar-refractivity contribution in [2.75, 3.05) is 0 Å². The lowest BCUT2D eigenvalue weighted by Gasteiger charge is -2.14. The first-order valence-electron chi connectivity index (χ1n) is 9.63. The molecule has 2 aromatic carbocycles. The summed E-state index contributed by atoms with van der Waals surface area (Å²) in [7, 11) is -3.88. The molecule has 0 spiro atoms. The highest BCUT2D eigenvalue weighted by Crippen LogP contribution is 2.31. The summed E-state index contributed by atoms with van der Waals surface area (Å²) in [6, 6.07) is 18.9. The highest BCUT2D eigenvalue weighted by Gasteiger charge is 2.47. The lowest BCUT2D eigenvalue weighted by Crippen LogP contribution is -2.31. The SMILES string of the molecule is CC(C)c1ccc(-c2cc(-c3ccccc3)cc[n+]2C)c(COS(=O)(=O)C(F)(F)F)c1. The Balaban J connectivity index is 2.09. The third-order valence-electron chi connectivity index (χ3n) is 4.98. The fourth-order valence-electron chi connectivity index (χ4n) is 3.20. The van der Waals surface area contributed by atoms with Gasteiger partial charge in [-0.15, -0.1) is 0 Å². The molecule has 0 saturated heterocycles. The first kappa shape index (κ1) is 23.0. The van der Waals surface area contributed by atoms with E-state index in [0.717, 1.165) is 22.4 Å². The van der Waals surface area contributed by atoms with Gasteiger partial charge in [0.25, 0.3) is 0 Å². The fourth-order valence-corrected chi connectivity index (χ4v) is 3.61. The fraction of sp³-hybridized carbons (Fsp3) is 0.261. The number of rotatable bonds is 6. The second-order valence-corrected chi connectivity index (χ2v) is 9.12. The molecule has 1 heterocycles. The first-order chi connectivity index (χ1) is 14.5. The highest BCUT2D eigenvalue weighted by atomic mass is 32.2. The molecular formula is C23H23F3NO3S+. The first-order valence-corrected chi connectivity index (χ1v) is 11.0. The standard InChI is InChI=1S/C23H23F3NO3S/c1-16(2)18-9-10-21(20(13-18)15-30-31(28,29)23(24,25)26)22-14-19(11-12-27(22)3)17-7-5-4-6-8-17/h4-14,16H,15H2,1-3H3/q+1. The van der Waals surface area contributed by atoms with Crippen LogP contribution in [0.1, 0.15) is 30.9 Å². The lowest BCUT2D eigenvalue weighted by atomic mass is 9.95. The molecule has 0 radical (unpaired) electrons. The average molecular weight is 451 g/mol. The van der Waals surface area contributed by atoms with Gasteiger partial charge in [-0.25, -0.2) is 4.57 Å². The van der Waals surface area contributed by atoms with Gasteiger partial charge in [-0.05, 0) is 34.2 Å². The molecule has 0 atom stereocenters. The zero-order chi connectivity index (χ0) is 22.8. The number of aromatic nitrogens is 1. The topological polar surface area (TPSA) is 47.2 Å². The van der Waals surface area contributed by atoms with Gasteiger partial charge in [0.15, 0.2) is 6.20 Å². The third-order valence-corrected chi connectivity index (χ3v) is 5.98. The van der Waals surface area contributed by atoms with Crippen molar-refractivity contribution in [3.63, 3.8) is 0 Å². The monoisotopic (exact) mass is 450 g/mol. The van der Waals surface area contributed by atoms with Crippen molar-refractivity contribution in [3.8, 4) is 22.4 Å². The van der Waals surface area contributed by atoms with Crippen molar-refractivity contribution < 1.29 is 30.3 Å². The molecular weight excluding hydrogens is 427 g/mol. The number of alkyl halides is 3. The largest absolute Gasteiger partial charge is 0.523 e. The second-order valence-electron chi connectivity index (χ2n) is 7.51. The van der Waals surface area contributed by atoms with Gasteiger partial charge in [-0.1, -0.05) is 56.3 Å². The van der Waals surface area contributed by atoms with E-state index in [1.807, 2.05) is 80.2 Å². The van der Waals surface area contributed by atoms with Gasteiger partial charge in [0.2, 0.25) is 5.69 Å². The normalized spacial score (nSPS) is 12.4. The number of hydrogen-bond donors (Lipinski definition) is 0. The smallest absolute Gasteiger partial charge is 0.258 e. The van der Waals surface area contributed by atoms with Crippen molar-refractivity contribution in [2.24, 2.45) is 7.05 Å². The zero-order valence-electron chi connectivity index (χ0n) is 17.3. The van der Waals surface area contributed by atoms with E-state index < -0.39 is 22.2 Å². The number of halogens is 3. The third kappa shape index (κ3) is 5.14. The molecule has 1 aromatic heterocycles. The summed E-state index contributed by atoms with van der Waals surface area (Å²) in [6.45, 7) is 3.18. The maximum Gasteiger partial charge on any atom is 0.523 e. The summed E-state index contributed by atoms with van der Waals surface area (Å²) >= 11 is 0. The Bertz CT molecular complexity index is 1170. The van der Waals surface area contributed by atoms with Crippen molar-refractivity contribution in [1.29, 1.82) is 0 Å². The molecule has 0 unspecified atom stereocenters. The molecule has 3 aromatic rings. The Labute approximate surface area is 180 Å². The number of pyridine rings is 1.